The van der Waals surface area contributed by atoms with Crippen LogP contribution in [-0.2, 0) is 11.3 Å². The van der Waals surface area contributed by atoms with Crippen LogP contribution in [0.1, 0.15) is 19.0 Å². The fourth-order valence-corrected chi connectivity index (χ4v) is 1.37. The molecule has 0 saturated heterocycles. The van der Waals surface area contributed by atoms with Crippen LogP contribution in [0.3, 0.4) is 0 Å². The molecule has 0 aliphatic heterocycles. The number of pyridine rings is 1. The number of carbonyl (C=O) groups is 1. The Bertz CT molecular complexity index is 367. The van der Waals surface area contributed by atoms with Gasteiger partial charge in [-0.1, -0.05) is 18.3 Å². The highest BCUT2D eigenvalue weighted by atomic mass is 32.1. The van der Waals surface area contributed by atoms with Crippen molar-refractivity contribution >= 4 is 23.1 Å². The van der Waals surface area contributed by atoms with Crippen LogP contribution in [0.25, 0.3) is 0 Å². The molecule has 0 unspecified atom stereocenters. The van der Waals surface area contributed by atoms with Crippen molar-refractivity contribution < 1.29 is 4.79 Å². The van der Waals surface area contributed by atoms with Gasteiger partial charge in [0, 0.05) is 26.1 Å². The molecule has 0 aromatic carbocycles. The summed E-state index contributed by atoms with van der Waals surface area (Å²) in [6.07, 6.45) is 2.25. The SMILES string of the molecule is CC(=O)N(CCC(N)=S)Cc1ccccn1. The number of amides is 1. The molecular formula is C11H15N3OS. The molecule has 1 aromatic heterocycles. The molecule has 0 atom stereocenters. The van der Waals surface area contributed by atoms with E-state index in [1.165, 1.54) is 6.92 Å². The molecule has 1 heterocycles. The quantitative estimate of drug-likeness (QED) is 0.779. The Hall–Kier alpha value is -1.49. The summed E-state index contributed by atoms with van der Waals surface area (Å²) in [4.78, 5) is 17.7. The zero-order chi connectivity index (χ0) is 12.0. The van der Waals surface area contributed by atoms with E-state index in [2.05, 4.69) is 4.98 Å². The third-order valence-electron chi connectivity index (χ3n) is 2.15. The lowest BCUT2D eigenvalue weighted by atomic mass is 10.3. The van der Waals surface area contributed by atoms with Gasteiger partial charge in [-0.2, -0.15) is 0 Å². The molecule has 0 bridgehead atoms. The summed E-state index contributed by atoms with van der Waals surface area (Å²) in [5.41, 5.74) is 6.27. The van der Waals surface area contributed by atoms with Gasteiger partial charge in [0.15, 0.2) is 0 Å². The summed E-state index contributed by atoms with van der Waals surface area (Å²) >= 11 is 4.79. The van der Waals surface area contributed by atoms with Crippen molar-refractivity contribution in [1.82, 2.24) is 9.88 Å². The minimum atomic E-state index is 0.00176. The second-order valence-electron chi connectivity index (χ2n) is 3.48. The van der Waals surface area contributed by atoms with Gasteiger partial charge in [-0.15, -0.1) is 0 Å². The molecule has 0 spiro atoms. The molecule has 4 nitrogen and oxygen atoms in total. The number of nitrogens with zero attached hydrogens (tertiary/aromatic N) is 2. The highest BCUT2D eigenvalue weighted by Gasteiger charge is 2.09. The lowest BCUT2D eigenvalue weighted by Crippen LogP contribution is -2.31. The molecule has 2 N–H and O–H groups in total. The van der Waals surface area contributed by atoms with Crippen molar-refractivity contribution in [3.63, 3.8) is 0 Å². The summed E-state index contributed by atoms with van der Waals surface area (Å²) in [5, 5.41) is 0. The Morgan fingerprint density at radius 3 is 2.81 bits per heavy atom. The van der Waals surface area contributed by atoms with Crippen molar-refractivity contribution in [3.8, 4) is 0 Å². The van der Waals surface area contributed by atoms with Gasteiger partial charge in [0.05, 0.1) is 17.2 Å². The van der Waals surface area contributed by atoms with Gasteiger partial charge in [0.1, 0.15) is 0 Å². The van der Waals surface area contributed by atoms with Crippen LogP contribution in [0.4, 0.5) is 0 Å². The smallest absolute Gasteiger partial charge is 0.219 e. The fourth-order valence-electron chi connectivity index (χ4n) is 1.28. The largest absolute Gasteiger partial charge is 0.393 e. The number of rotatable bonds is 5. The number of hydrogen-bond acceptors (Lipinski definition) is 3. The van der Waals surface area contributed by atoms with E-state index in [0.29, 0.717) is 24.5 Å². The summed E-state index contributed by atoms with van der Waals surface area (Å²) in [7, 11) is 0. The van der Waals surface area contributed by atoms with E-state index in [4.69, 9.17) is 18.0 Å². The van der Waals surface area contributed by atoms with E-state index in [-0.39, 0.29) is 5.91 Å². The Kier molecular flexibility index (Phi) is 4.85. The lowest BCUT2D eigenvalue weighted by Gasteiger charge is -2.20. The van der Waals surface area contributed by atoms with Crippen molar-refractivity contribution in [2.45, 2.75) is 19.9 Å². The monoisotopic (exact) mass is 237 g/mol. The first-order valence-corrected chi connectivity index (χ1v) is 5.44. The van der Waals surface area contributed by atoms with Crippen LogP contribution in [0.2, 0.25) is 0 Å². The number of thiocarbonyl (C=S) groups is 1. The standard InChI is InChI=1S/C11H15N3OS/c1-9(15)14(7-5-11(12)16)8-10-4-2-3-6-13-10/h2-4,6H,5,7-8H2,1H3,(H2,12,16). The lowest BCUT2D eigenvalue weighted by molar-refractivity contribution is -0.129. The molecule has 0 saturated carbocycles. The van der Waals surface area contributed by atoms with Crippen LogP contribution < -0.4 is 5.73 Å². The Morgan fingerprint density at radius 1 is 1.56 bits per heavy atom. The van der Waals surface area contributed by atoms with E-state index in [1.807, 2.05) is 18.2 Å². The van der Waals surface area contributed by atoms with E-state index in [0.717, 1.165) is 5.69 Å². The average molecular weight is 237 g/mol. The predicted molar refractivity (Wildman–Crippen MR) is 66.7 cm³/mol. The molecule has 1 amide bonds. The minimum absolute atomic E-state index is 0.00176. The van der Waals surface area contributed by atoms with Crippen LogP contribution in [0.5, 0.6) is 0 Å². The second-order valence-corrected chi connectivity index (χ2v) is 4.00. The molecule has 0 fully saturated rings. The van der Waals surface area contributed by atoms with E-state index in [1.54, 1.807) is 11.1 Å². The molecule has 1 aromatic rings. The van der Waals surface area contributed by atoms with Crippen LogP contribution in [-0.4, -0.2) is 27.3 Å². The number of nitrogens with two attached hydrogens (primary N) is 1. The van der Waals surface area contributed by atoms with E-state index >= 15 is 0 Å². The Balaban J connectivity index is 2.58. The average Bonchev–Trinajstić information content (AvgIpc) is 2.25. The Labute approximate surface area is 100 Å². The molecule has 86 valence electrons. The second kappa shape index (κ2) is 6.17. The summed E-state index contributed by atoms with van der Waals surface area (Å²) in [6, 6.07) is 5.63. The summed E-state index contributed by atoms with van der Waals surface area (Å²) < 4.78 is 0. The van der Waals surface area contributed by atoms with Crippen molar-refractivity contribution in [2.24, 2.45) is 5.73 Å². The van der Waals surface area contributed by atoms with Crippen molar-refractivity contribution in [3.05, 3.63) is 30.1 Å². The third kappa shape index (κ3) is 4.35. The fraction of sp³-hybridized carbons (Fsp3) is 0.364. The van der Waals surface area contributed by atoms with Crippen LogP contribution in [0, 0.1) is 0 Å². The van der Waals surface area contributed by atoms with Gasteiger partial charge < -0.3 is 10.6 Å². The first-order valence-electron chi connectivity index (χ1n) is 5.03. The Morgan fingerprint density at radius 2 is 2.31 bits per heavy atom. The van der Waals surface area contributed by atoms with Crippen LogP contribution in [0.15, 0.2) is 24.4 Å². The first kappa shape index (κ1) is 12.6. The van der Waals surface area contributed by atoms with Crippen molar-refractivity contribution in [1.29, 1.82) is 0 Å². The minimum Gasteiger partial charge on any atom is -0.393 e. The maximum absolute atomic E-state index is 11.4. The highest BCUT2D eigenvalue weighted by Crippen LogP contribution is 2.02. The maximum atomic E-state index is 11.4. The number of carbonyl (C=O) groups excluding carboxylic acids is 1. The molecule has 5 heteroatoms. The molecule has 16 heavy (non-hydrogen) atoms. The topological polar surface area (TPSA) is 59.2 Å². The van der Waals surface area contributed by atoms with Gasteiger partial charge in [-0.25, -0.2) is 0 Å². The maximum Gasteiger partial charge on any atom is 0.219 e. The van der Waals surface area contributed by atoms with E-state index < -0.39 is 0 Å². The van der Waals surface area contributed by atoms with E-state index in [9.17, 15) is 4.79 Å². The zero-order valence-electron chi connectivity index (χ0n) is 9.22. The highest BCUT2D eigenvalue weighted by molar-refractivity contribution is 7.80. The normalized spacial score (nSPS) is 9.81. The predicted octanol–water partition coefficient (Wildman–Crippen LogP) is 1.11. The molecule has 0 radical (unpaired) electrons. The van der Waals surface area contributed by atoms with Gasteiger partial charge in [-0.3, -0.25) is 9.78 Å². The number of hydrogen-bond donors (Lipinski definition) is 1. The summed E-state index contributed by atoms with van der Waals surface area (Å²) in [6.45, 7) is 2.57. The van der Waals surface area contributed by atoms with Gasteiger partial charge >= 0.3 is 0 Å². The summed E-state index contributed by atoms with van der Waals surface area (Å²) in [5.74, 6) is 0.00176. The van der Waals surface area contributed by atoms with Gasteiger partial charge in [0.25, 0.3) is 0 Å². The first-order chi connectivity index (χ1) is 7.59. The molecule has 1 rings (SSSR count). The van der Waals surface area contributed by atoms with Gasteiger partial charge in [0.2, 0.25) is 5.91 Å². The van der Waals surface area contributed by atoms with Gasteiger partial charge in [-0.05, 0) is 12.1 Å². The molecular weight excluding hydrogens is 222 g/mol. The van der Waals surface area contributed by atoms with Crippen molar-refractivity contribution in [2.75, 3.05) is 6.54 Å². The molecule has 0 aliphatic rings. The molecule has 0 aliphatic carbocycles. The van der Waals surface area contributed by atoms with Crippen LogP contribution >= 0.6 is 12.2 Å². The zero-order valence-corrected chi connectivity index (χ0v) is 10.0. The number of aromatic nitrogens is 1. The third-order valence-corrected chi connectivity index (χ3v) is 2.36.